The maximum Gasteiger partial charge on any atom is 0.264 e. The molecule has 1 aliphatic rings. The van der Waals surface area contributed by atoms with Crippen LogP contribution in [0.5, 0.6) is 0 Å². The number of para-hydroxylation sites is 1. The van der Waals surface area contributed by atoms with Crippen molar-refractivity contribution < 1.29 is 17.9 Å². The predicted molar refractivity (Wildman–Crippen MR) is 153 cm³/mol. The summed E-state index contributed by atoms with van der Waals surface area (Å²) in [6.07, 6.45) is 1.73. The van der Waals surface area contributed by atoms with Crippen molar-refractivity contribution in [3.8, 4) is 0 Å². The van der Waals surface area contributed by atoms with Crippen LogP contribution >= 0.6 is 22.9 Å². The summed E-state index contributed by atoms with van der Waals surface area (Å²) in [4.78, 5) is 20.3. The first kappa shape index (κ1) is 26.6. The Hall–Kier alpha value is -2.98. The Morgan fingerprint density at radius 2 is 1.87 bits per heavy atom. The van der Waals surface area contributed by atoms with Crippen LogP contribution in [0.4, 0.5) is 10.8 Å². The number of thiazole rings is 1. The van der Waals surface area contributed by atoms with Crippen LogP contribution < -0.4 is 9.21 Å². The van der Waals surface area contributed by atoms with Crippen LogP contribution in [0.25, 0.3) is 10.2 Å². The Morgan fingerprint density at radius 1 is 1.13 bits per heavy atom. The van der Waals surface area contributed by atoms with E-state index in [0.29, 0.717) is 34.6 Å². The third-order valence-corrected chi connectivity index (χ3v) is 9.71. The first-order valence-corrected chi connectivity index (χ1v) is 15.1. The molecule has 10 heteroatoms. The van der Waals surface area contributed by atoms with Gasteiger partial charge in [0.15, 0.2) is 5.13 Å². The molecule has 7 nitrogen and oxygen atoms in total. The van der Waals surface area contributed by atoms with Crippen LogP contribution in [0, 0.1) is 6.92 Å². The smallest absolute Gasteiger partial charge is 0.264 e. The van der Waals surface area contributed by atoms with E-state index in [-0.39, 0.29) is 23.5 Å². The van der Waals surface area contributed by atoms with E-state index in [2.05, 4.69) is 0 Å². The number of hydrogen-bond acceptors (Lipinski definition) is 6. The number of benzene rings is 3. The summed E-state index contributed by atoms with van der Waals surface area (Å²) in [5.74, 6) is -0.261. The Kier molecular flexibility index (Phi) is 7.72. The van der Waals surface area contributed by atoms with Gasteiger partial charge in [0.05, 0.1) is 33.4 Å². The lowest BCUT2D eigenvalue weighted by molar-refractivity contribution is 0.0917. The fraction of sp³-hybridized carbons (Fsp3) is 0.286. The van der Waals surface area contributed by atoms with E-state index in [0.717, 1.165) is 28.6 Å². The van der Waals surface area contributed by atoms with Crippen molar-refractivity contribution in [2.75, 3.05) is 28.9 Å². The second-order valence-electron chi connectivity index (χ2n) is 9.15. The molecule has 1 aromatic heterocycles. The number of fused-ring (bicyclic) bond motifs is 1. The molecular formula is C28H28ClN3O4S2. The molecule has 1 atom stereocenters. The number of aryl methyl sites for hydroxylation is 1. The molecule has 0 saturated carbocycles. The predicted octanol–water partition coefficient (Wildman–Crippen LogP) is 6.30. The molecule has 3 aromatic carbocycles. The summed E-state index contributed by atoms with van der Waals surface area (Å²) in [5, 5.41) is 1.18. The minimum Gasteiger partial charge on any atom is -0.376 e. The molecule has 1 aliphatic heterocycles. The van der Waals surface area contributed by atoms with E-state index in [1.165, 1.54) is 27.8 Å². The molecule has 4 aromatic rings. The van der Waals surface area contributed by atoms with Crippen molar-refractivity contribution in [3.63, 3.8) is 0 Å². The third-order valence-electron chi connectivity index (χ3n) is 6.55. The number of amides is 1. The fourth-order valence-corrected chi connectivity index (χ4v) is 7.54. The summed E-state index contributed by atoms with van der Waals surface area (Å²) < 4.78 is 34.8. The Balaban J connectivity index is 1.46. The fourth-order valence-electron chi connectivity index (χ4n) is 4.64. The molecule has 1 saturated heterocycles. The quantitative estimate of drug-likeness (QED) is 0.249. The normalized spacial score (nSPS) is 15.6. The van der Waals surface area contributed by atoms with Gasteiger partial charge in [-0.3, -0.25) is 14.0 Å². The van der Waals surface area contributed by atoms with Crippen molar-refractivity contribution in [2.24, 2.45) is 0 Å². The van der Waals surface area contributed by atoms with Gasteiger partial charge in [-0.2, -0.15) is 0 Å². The third kappa shape index (κ3) is 5.29. The van der Waals surface area contributed by atoms with Crippen molar-refractivity contribution in [3.05, 3.63) is 82.9 Å². The van der Waals surface area contributed by atoms with Crippen molar-refractivity contribution in [1.82, 2.24) is 4.98 Å². The molecule has 198 valence electrons. The standard InChI is InChI=1S/C28H28ClN3O4S2/c1-3-32(22-8-5-4-6-9-22)38(34,35)24-13-11-20(12-14-24)27(33)31(18-23-10-7-15-36-23)28-30-26-19(2)16-21(29)17-25(26)37-28/h4-6,8-9,11-14,16-17,23H,3,7,10,15,18H2,1-2H3. The number of halogens is 1. The van der Waals surface area contributed by atoms with E-state index in [9.17, 15) is 13.2 Å². The topological polar surface area (TPSA) is 79.8 Å². The van der Waals surface area contributed by atoms with Crippen LogP contribution in [0.15, 0.2) is 71.6 Å². The molecule has 0 bridgehead atoms. The van der Waals surface area contributed by atoms with Gasteiger partial charge in [0.25, 0.3) is 15.9 Å². The summed E-state index contributed by atoms with van der Waals surface area (Å²) in [5.41, 5.74) is 2.71. The molecule has 5 rings (SSSR count). The summed E-state index contributed by atoms with van der Waals surface area (Å²) in [6, 6.07) is 18.8. The van der Waals surface area contributed by atoms with E-state index in [4.69, 9.17) is 21.3 Å². The highest BCUT2D eigenvalue weighted by Gasteiger charge is 2.29. The van der Waals surface area contributed by atoms with E-state index >= 15 is 0 Å². The van der Waals surface area contributed by atoms with E-state index in [1.54, 1.807) is 48.2 Å². The number of nitrogens with zero attached hydrogens (tertiary/aromatic N) is 3. The zero-order chi connectivity index (χ0) is 26.9. The first-order valence-electron chi connectivity index (χ1n) is 12.5. The van der Waals surface area contributed by atoms with Gasteiger partial charge in [-0.05, 0) is 80.8 Å². The lowest BCUT2D eigenvalue weighted by Gasteiger charge is -2.24. The van der Waals surface area contributed by atoms with Crippen LogP contribution in [0.2, 0.25) is 5.02 Å². The van der Waals surface area contributed by atoms with E-state index in [1.807, 2.05) is 25.1 Å². The Bertz CT molecular complexity index is 1550. The number of carbonyl (C=O) groups excluding carboxylic acids is 1. The number of carbonyl (C=O) groups is 1. The number of aromatic nitrogens is 1. The van der Waals surface area contributed by atoms with Gasteiger partial charge in [-0.1, -0.05) is 41.1 Å². The number of hydrogen-bond donors (Lipinski definition) is 0. The number of sulfonamides is 1. The van der Waals surface area contributed by atoms with Crippen molar-refractivity contribution >= 4 is 59.9 Å². The van der Waals surface area contributed by atoms with Crippen molar-refractivity contribution in [1.29, 1.82) is 0 Å². The van der Waals surface area contributed by atoms with E-state index < -0.39 is 10.0 Å². The molecule has 1 unspecified atom stereocenters. The lowest BCUT2D eigenvalue weighted by atomic mass is 10.2. The van der Waals surface area contributed by atoms with Gasteiger partial charge < -0.3 is 4.74 Å². The first-order chi connectivity index (χ1) is 18.3. The van der Waals surface area contributed by atoms with Crippen LogP contribution in [-0.4, -0.2) is 45.1 Å². The lowest BCUT2D eigenvalue weighted by Crippen LogP contribution is -2.37. The van der Waals surface area contributed by atoms with Gasteiger partial charge in [0.2, 0.25) is 0 Å². The summed E-state index contributed by atoms with van der Waals surface area (Å²) in [6.45, 7) is 5.05. The Labute approximate surface area is 231 Å². The largest absolute Gasteiger partial charge is 0.376 e. The highest BCUT2D eigenvalue weighted by molar-refractivity contribution is 7.92. The van der Waals surface area contributed by atoms with Crippen LogP contribution in [0.1, 0.15) is 35.7 Å². The molecule has 0 radical (unpaired) electrons. The van der Waals surface area contributed by atoms with Gasteiger partial charge in [-0.15, -0.1) is 0 Å². The van der Waals surface area contributed by atoms with Crippen molar-refractivity contribution in [2.45, 2.75) is 37.7 Å². The molecule has 0 aliphatic carbocycles. The summed E-state index contributed by atoms with van der Waals surface area (Å²) in [7, 11) is -3.80. The Morgan fingerprint density at radius 3 is 2.53 bits per heavy atom. The zero-order valence-electron chi connectivity index (χ0n) is 21.1. The molecular weight excluding hydrogens is 542 g/mol. The van der Waals surface area contributed by atoms with Gasteiger partial charge in [0, 0.05) is 23.7 Å². The second-order valence-corrected chi connectivity index (χ2v) is 12.5. The number of anilines is 2. The number of ether oxygens (including phenoxy) is 1. The maximum absolute atomic E-state index is 13.8. The molecule has 0 spiro atoms. The average molecular weight is 570 g/mol. The minimum atomic E-state index is -3.80. The molecule has 1 fully saturated rings. The minimum absolute atomic E-state index is 0.0840. The molecule has 2 heterocycles. The maximum atomic E-state index is 13.8. The molecule has 1 amide bonds. The van der Waals surface area contributed by atoms with Gasteiger partial charge >= 0.3 is 0 Å². The summed E-state index contributed by atoms with van der Waals surface area (Å²) >= 11 is 7.66. The van der Waals surface area contributed by atoms with Crippen LogP contribution in [0.3, 0.4) is 0 Å². The SMILES string of the molecule is CCN(c1ccccc1)S(=O)(=O)c1ccc(C(=O)N(CC2CCCO2)c2nc3c(C)cc(Cl)cc3s2)cc1. The molecule has 0 N–H and O–H groups in total. The number of rotatable bonds is 8. The van der Waals surface area contributed by atoms with Crippen LogP contribution in [-0.2, 0) is 14.8 Å². The average Bonchev–Trinajstić information content (AvgIpc) is 3.58. The second kappa shape index (κ2) is 11.0. The molecule has 38 heavy (non-hydrogen) atoms. The zero-order valence-corrected chi connectivity index (χ0v) is 23.5. The highest BCUT2D eigenvalue weighted by Crippen LogP contribution is 2.34. The monoisotopic (exact) mass is 569 g/mol. The van der Waals surface area contributed by atoms with Gasteiger partial charge in [0.1, 0.15) is 0 Å². The highest BCUT2D eigenvalue weighted by atomic mass is 35.5. The van der Waals surface area contributed by atoms with Gasteiger partial charge in [-0.25, -0.2) is 13.4 Å².